The molecule has 0 saturated heterocycles. The van der Waals surface area contributed by atoms with Crippen LogP contribution in [0.4, 0.5) is 0 Å². The Kier molecular flexibility index (Phi) is 8.34. The number of aromatic hydroxyl groups is 1. The van der Waals surface area contributed by atoms with Crippen LogP contribution in [-0.2, 0) is 9.53 Å². The highest BCUT2D eigenvalue weighted by Gasteiger charge is 2.34. The normalized spacial score (nSPS) is 15.4. The van der Waals surface area contributed by atoms with E-state index in [-0.39, 0.29) is 29.6 Å². The number of ether oxygens (including phenoxy) is 3. The van der Waals surface area contributed by atoms with Crippen LogP contribution >= 0.6 is 38.9 Å². The van der Waals surface area contributed by atoms with Crippen LogP contribution in [0.15, 0.2) is 55.9 Å². The summed E-state index contributed by atoms with van der Waals surface area (Å²) in [6, 6.07) is 7.59. The van der Waals surface area contributed by atoms with Crippen molar-refractivity contribution in [2.75, 3.05) is 13.7 Å². The van der Waals surface area contributed by atoms with Gasteiger partial charge in [-0.3, -0.25) is 9.36 Å². The number of phenols is 1. The Morgan fingerprint density at radius 3 is 2.68 bits per heavy atom. The number of fused-ring (bicyclic) bond motifs is 1. The van der Waals surface area contributed by atoms with Crippen molar-refractivity contribution in [1.29, 1.82) is 0 Å². The first-order valence-electron chi connectivity index (χ1n) is 11.8. The monoisotopic (exact) mass is 620 g/mol. The van der Waals surface area contributed by atoms with Crippen LogP contribution in [0.5, 0.6) is 17.2 Å². The number of esters is 1. The second-order valence-corrected chi connectivity index (χ2v) is 11.0. The lowest BCUT2D eigenvalue weighted by Crippen LogP contribution is -2.40. The third kappa shape index (κ3) is 5.39. The Morgan fingerprint density at radius 2 is 2.03 bits per heavy atom. The fourth-order valence-electron chi connectivity index (χ4n) is 4.15. The van der Waals surface area contributed by atoms with Crippen molar-refractivity contribution in [1.82, 2.24) is 4.57 Å². The Bertz CT molecular complexity index is 1630. The van der Waals surface area contributed by atoms with Gasteiger partial charge in [0.1, 0.15) is 5.75 Å². The van der Waals surface area contributed by atoms with E-state index in [9.17, 15) is 14.7 Å². The van der Waals surface area contributed by atoms with Gasteiger partial charge in [0, 0.05) is 10.6 Å². The molecule has 4 rings (SSSR count). The first-order valence-corrected chi connectivity index (χ1v) is 13.8. The van der Waals surface area contributed by atoms with Gasteiger partial charge in [0.15, 0.2) is 16.3 Å². The minimum absolute atomic E-state index is 0.0503. The Labute approximate surface area is 236 Å². The zero-order chi connectivity index (χ0) is 27.7. The highest BCUT2D eigenvalue weighted by Crippen LogP contribution is 2.37. The molecule has 11 heteroatoms. The lowest BCUT2D eigenvalue weighted by molar-refractivity contribution is -0.139. The molecule has 0 spiro atoms. The highest BCUT2D eigenvalue weighted by atomic mass is 79.9. The van der Waals surface area contributed by atoms with Gasteiger partial charge >= 0.3 is 5.97 Å². The van der Waals surface area contributed by atoms with Gasteiger partial charge < -0.3 is 19.3 Å². The molecule has 200 valence electrons. The quantitative estimate of drug-likeness (QED) is 0.384. The molecule has 1 aliphatic rings. The summed E-state index contributed by atoms with van der Waals surface area (Å²) in [5.41, 5.74) is 1.29. The number of thiazole rings is 1. The third-order valence-electron chi connectivity index (χ3n) is 5.73. The molecule has 0 amide bonds. The Morgan fingerprint density at radius 1 is 1.29 bits per heavy atom. The number of nitrogens with zero attached hydrogens (tertiary/aromatic N) is 2. The zero-order valence-corrected chi connectivity index (χ0v) is 24.5. The van der Waals surface area contributed by atoms with Gasteiger partial charge in [-0.2, -0.15) is 0 Å². The smallest absolute Gasteiger partial charge is 0.338 e. The van der Waals surface area contributed by atoms with Crippen molar-refractivity contribution >= 4 is 50.9 Å². The summed E-state index contributed by atoms with van der Waals surface area (Å²) in [6.07, 6.45) is 1.48. The average Bonchev–Trinajstić information content (AvgIpc) is 3.15. The maximum absolute atomic E-state index is 13.8. The maximum Gasteiger partial charge on any atom is 0.338 e. The Hall–Kier alpha value is -3.08. The topological polar surface area (TPSA) is 99.4 Å². The molecule has 38 heavy (non-hydrogen) atoms. The van der Waals surface area contributed by atoms with Gasteiger partial charge in [-0.25, -0.2) is 9.79 Å². The van der Waals surface area contributed by atoms with E-state index in [0.717, 1.165) is 11.3 Å². The van der Waals surface area contributed by atoms with E-state index in [1.165, 1.54) is 11.7 Å². The van der Waals surface area contributed by atoms with E-state index in [4.69, 9.17) is 25.8 Å². The van der Waals surface area contributed by atoms with Crippen LogP contribution in [0.25, 0.3) is 6.08 Å². The van der Waals surface area contributed by atoms with E-state index in [1.54, 1.807) is 50.3 Å². The van der Waals surface area contributed by atoms with Crippen LogP contribution in [0.1, 0.15) is 44.9 Å². The summed E-state index contributed by atoms with van der Waals surface area (Å²) in [5, 5.41) is 10.9. The first kappa shape index (κ1) is 27.9. The lowest BCUT2D eigenvalue weighted by Gasteiger charge is -2.25. The molecule has 0 fully saturated rings. The van der Waals surface area contributed by atoms with Crippen molar-refractivity contribution in [2.45, 2.75) is 39.8 Å². The number of hydrogen-bond donors (Lipinski definition) is 1. The fraction of sp³-hybridized carbons (Fsp3) is 0.296. The average molecular weight is 622 g/mol. The molecule has 0 unspecified atom stereocenters. The van der Waals surface area contributed by atoms with Gasteiger partial charge in [0.05, 0.1) is 46.1 Å². The van der Waals surface area contributed by atoms with Crippen LogP contribution < -0.4 is 24.4 Å². The number of allylic oxidation sites excluding steroid dienone is 1. The van der Waals surface area contributed by atoms with Crippen LogP contribution in [0, 0.1) is 0 Å². The molecule has 0 saturated carbocycles. The molecule has 1 N–H and O–H groups in total. The summed E-state index contributed by atoms with van der Waals surface area (Å²) >= 11 is 10.6. The molecule has 1 aliphatic heterocycles. The SMILES string of the molecule is CCOC(=O)C1=C(C)N=c2s/c(=C\c3cc(Cl)cc(Br)c3O)c(=O)n2[C@H]1c1ccc(OC(C)C)c(OC)c1. The summed E-state index contributed by atoms with van der Waals surface area (Å²) < 4.78 is 18.9. The number of hydrogen-bond acceptors (Lipinski definition) is 8. The minimum Gasteiger partial charge on any atom is -0.506 e. The minimum atomic E-state index is -0.825. The second-order valence-electron chi connectivity index (χ2n) is 8.70. The summed E-state index contributed by atoms with van der Waals surface area (Å²) in [4.78, 5) is 31.9. The van der Waals surface area contributed by atoms with Crippen molar-refractivity contribution in [2.24, 2.45) is 4.99 Å². The van der Waals surface area contributed by atoms with Gasteiger partial charge in [-0.05, 0) is 79.5 Å². The van der Waals surface area contributed by atoms with E-state index in [0.29, 0.717) is 47.2 Å². The molecule has 8 nitrogen and oxygen atoms in total. The van der Waals surface area contributed by atoms with E-state index < -0.39 is 12.0 Å². The molecule has 2 heterocycles. The van der Waals surface area contributed by atoms with E-state index >= 15 is 0 Å². The number of benzene rings is 2. The van der Waals surface area contributed by atoms with E-state index in [2.05, 4.69) is 20.9 Å². The largest absolute Gasteiger partial charge is 0.506 e. The van der Waals surface area contributed by atoms with Gasteiger partial charge in [0.2, 0.25) is 0 Å². The summed E-state index contributed by atoms with van der Waals surface area (Å²) in [5.74, 6) is 0.389. The number of phenolic OH excluding ortho intramolecular Hbond substituents is 1. The molecular weight excluding hydrogens is 596 g/mol. The number of halogens is 2. The molecular formula is C27H26BrClN2O6S. The van der Waals surface area contributed by atoms with Gasteiger partial charge in [0.25, 0.3) is 5.56 Å². The highest BCUT2D eigenvalue weighted by molar-refractivity contribution is 9.10. The summed E-state index contributed by atoms with van der Waals surface area (Å²) in [6.45, 7) is 7.41. The molecule has 0 aliphatic carbocycles. The Balaban J connectivity index is 1.97. The molecule has 3 aromatic rings. The second kappa shape index (κ2) is 11.3. The summed E-state index contributed by atoms with van der Waals surface area (Å²) in [7, 11) is 1.53. The molecule has 1 atom stereocenters. The number of carbonyl (C=O) groups is 1. The van der Waals surface area contributed by atoms with Crippen molar-refractivity contribution < 1.29 is 24.1 Å². The number of rotatable bonds is 7. The maximum atomic E-state index is 13.8. The zero-order valence-electron chi connectivity index (χ0n) is 21.4. The number of carbonyl (C=O) groups excluding carboxylic acids is 1. The number of aromatic nitrogens is 1. The van der Waals surface area contributed by atoms with Crippen molar-refractivity contribution in [3.63, 3.8) is 0 Å². The third-order valence-corrected chi connectivity index (χ3v) is 7.53. The van der Waals surface area contributed by atoms with Crippen molar-refractivity contribution in [3.8, 4) is 17.2 Å². The van der Waals surface area contributed by atoms with Crippen LogP contribution in [0.3, 0.4) is 0 Å². The lowest BCUT2D eigenvalue weighted by atomic mass is 9.95. The molecule has 2 aromatic carbocycles. The van der Waals surface area contributed by atoms with Crippen LogP contribution in [0.2, 0.25) is 5.02 Å². The first-order chi connectivity index (χ1) is 18.0. The molecule has 0 bridgehead atoms. The molecule has 1 aromatic heterocycles. The van der Waals surface area contributed by atoms with Gasteiger partial charge in [-0.15, -0.1) is 0 Å². The van der Waals surface area contributed by atoms with Crippen LogP contribution in [-0.4, -0.2) is 35.5 Å². The predicted molar refractivity (Wildman–Crippen MR) is 150 cm³/mol. The standard InChI is InChI=1S/C27H26BrClN2O6S/c1-6-36-26(34)22-14(4)30-27-31(23(22)15-7-8-19(37-13(2)3)20(10-15)35-5)25(33)21(38-27)11-16-9-17(29)12-18(28)24(16)32/h7-13,23,32H,6H2,1-5H3/b21-11-/t23-/m0/s1. The van der Waals surface area contributed by atoms with E-state index in [1.807, 2.05) is 13.8 Å². The predicted octanol–water partition coefficient (Wildman–Crippen LogP) is 4.72. The van der Waals surface area contributed by atoms with Gasteiger partial charge in [-0.1, -0.05) is 29.0 Å². The fourth-order valence-corrected chi connectivity index (χ4v) is 6.02. The number of methoxy groups -OCH3 is 1. The molecule has 0 radical (unpaired) electrons. The van der Waals surface area contributed by atoms with Crippen molar-refractivity contribution in [3.05, 3.63) is 81.9 Å².